The van der Waals surface area contributed by atoms with E-state index in [2.05, 4.69) is 5.10 Å². The first-order valence-electron chi connectivity index (χ1n) is 3.76. The Hall–Kier alpha value is -1.79. The van der Waals surface area contributed by atoms with Gasteiger partial charge in [0.15, 0.2) is 5.84 Å². The number of benzene rings is 1. The zero-order valence-electron chi connectivity index (χ0n) is 7.35. The summed E-state index contributed by atoms with van der Waals surface area (Å²) in [4.78, 5) is 0. The third kappa shape index (κ3) is 2.36. The smallest absolute Gasteiger partial charge is 0.382 e. The van der Waals surface area contributed by atoms with Crippen molar-refractivity contribution in [1.82, 2.24) is 0 Å². The zero-order valence-corrected chi connectivity index (χ0v) is 7.35. The molecule has 82 valence electrons. The number of nitrogens with zero attached hydrogens (tertiary/aromatic N) is 1. The van der Waals surface area contributed by atoms with Gasteiger partial charge in [0, 0.05) is 5.56 Å². The highest BCUT2D eigenvalue weighted by Gasteiger charge is 2.34. The van der Waals surface area contributed by atoms with Crippen molar-refractivity contribution in [3.8, 4) is 0 Å². The summed E-state index contributed by atoms with van der Waals surface area (Å²) in [5.74, 6) is 3.33. The van der Waals surface area contributed by atoms with E-state index < -0.39 is 29.0 Å². The first-order chi connectivity index (χ1) is 6.86. The van der Waals surface area contributed by atoms with Crippen LogP contribution >= 0.6 is 0 Å². The summed E-state index contributed by atoms with van der Waals surface area (Å²) in [6, 6.07) is 1.91. The van der Waals surface area contributed by atoms with Crippen molar-refractivity contribution in [2.75, 3.05) is 0 Å². The van der Waals surface area contributed by atoms with Crippen molar-refractivity contribution >= 4 is 5.84 Å². The molecule has 0 atom stereocenters. The van der Waals surface area contributed by atoms with Crippen LogP contribution in [0, 0.1) is 5.82 Å². The maximum Gasteiger partial charge on any atom is 0.417 e. The van der Waals surface area contributed by atoms with E-state index in [1.54, 1.807) is 0 Å². The molecular formula is C8H7F4N3. The van der Waals surface area contributed by atoms with E-state index in [4.69, 9.17) is 11.6 Å². The molecule has 0 saturated carbocycles. The Morgan fingerprint density at radius 2 is 1.87 bits per heavy atom. The van der Waals surface area contributed by atoms with E-state index in [9.17, 15) is 17.6 Å². The minimum atomic E-state index is -4.63. The summed E-state index contributed by atoms with van der Waals surface area (Å²) >= 11 is 0. The van der Waals surface area contributed by atoms with Crippen LogP contribution in [-0.2, 0) is 6.18 Å². The average molecular weight is 221 g/mol. The molecule has 0 fully saturated rings. The monoisotopic (exact) mass is 221 g/mol. The molecule has 7 heteroatoms. The number of halogens is 4. The van der Waals surface area contributed by atoms with E-state index in [1.807, 2.05) is 0 Å². The van der Waals surface area contributed by atoms with Gasteiger partial charge in [-0.2, -0.15) is 18.3 Å². The van der Waals surface area contributed by atoms with Gasteiger partial charge in [0.05, 0.1) is 5.56 Å². The van der Waals surface area contributed by atoms with Crippen molar-refractivity contribution in [1.29, 1.82) is 0 Å². The molecule has 1 aromatic rings. The van der Waals surface area contributed by atoms with Crippen LogP contribution in [0.3, 0.4) is 0 Å². The van der Waals surface area contributed by atoms with Crippen LogP contribution in [0.2, 0.25) is 0 Å². The molecule has 4 N–H and O–H groups in total. The van der Waals surface area contributed by atoms with Crippen LogP contribution in [0.1, 0.15) is 11.1 Å². The highest BCUT2D eigenvalue weighted by Crippen LogP contribution is 2.32. The van der Waals surface area contributed by atoms with Gasteiger partial charge in [-0.1, -0.05) is 0 Å². The SMILES string of the molecule is N/N=C(/N)c1cc(F)ccc1C(F)(F)F. The van der Waals surface area contributed by atoms with Gasteiger partial charge in [-0.15, -0.1) is 0 Å². The van der Waals surface area contributed by atoms with Crippen LogP contribution in [0.25, 0.3) is 0 Å². The molecule has 0 bridgehead atoms. The lowest BCUT2D eigenvalue weighted by Crippen LogP contribution is -2.21. The molecule has 0 aromatic heterocycles. The van der Waals surface area contributed by atoms with Crippen molar-refractivity contribution in [2.24, 2.45) is 16.7 Å². The Morgan fingerprint density at radius 3 is 2.33 bits per heavy atom. The van der Waals surface area contributed by atoms with E-state index in [-0.39, 0.29) is 0 Å². The van der Waals surface area contributed by atoms with Crippen LogP contribution in [-0.4, -0.2) is 5.84 Å². The number of amidine groups is 1. The zero-order chi connectivity index (χ0) is 11.6. The number of hydrogen-bond donors (Lipinski definition) is 2. The summed E-state index contributed by atoms with van der Waals surface area (Å²) < 4.78 is 49.9. The predicted octanol–water partition coefficient (Wildman–Crippen LogP) is 1.42. The fraction of sp³-hybridized carbons (Fsp3) is 0.125. The number of alkyl halides is 3. The van der Waals surface area contributed by atoms with Crippen molar-refractivity contribution < 1.29 is 17.6 Å². The second-order valence-corrected chi connectivity index (χ2v) is 2.70. The normalized spacial score (nSPS) is 12.9. The van der Waals surface area contributed by atoms with Crippen LogP contribution < -0.4 is 11.6 Å². The summed E-state index contributed by atoms with van der Waals surface area (Å²) in [7, 11) is 0. The summed E-state index contributed by atoms with van der Waals surface area (Å²) in [6.07, 6.45) is -4.63. The molecule has 0 spiro atoms. The predicted molar refractivity (Wildman–Crippen MR) is 46.3 cm³/mol. The van der Waals surface area contributed by atoms with Crippen LogP contribution in [0.4, 0.5) is 17.6 Å². The molecule has 0 unspecified atom stereocenters. The molecule has 0 amide bonds. The van der Waals surface area contributed by atoms with Crippen LogP contribution in [0.15, 0.2) is 23.3 Å². The summed E-state index contributed by atoms with van der Waals surface area (Å²) in [5, 5.41) is 2.90. The lowest BCUT2D eigenvalue weighted by molar-refractivity contribution is -0.137. The van der Waals surface area contributed by atoms with Gasteiger partial charge in [-0.25, -0.2) is 4.39 Å². The molecule has 0 aliphatic carbocycles. The van der Waals surface area contributed by atoms with Gasteiger partial charge >= 0.3 is 6.18 Å². The van der Waals surface area contributed by atoms with E-state index >= 15 is 0 Å². The van der Waals surface area contributed by atoms with Gasteiger partial charge in [0.25, 0.3) is 0 Å². The van der Waals surface area contributed by atoms with Gasteiger partial charge in [0.2, 0.25) is 0 Å². The van der Waals surface area contributed by atoms with Crippen molar-refractivity contribution in [3.05, 3.63) is 35.1 Å². The van der Waals surface area contributed by atoms with Crippen LogP contribution in [0.5, 0.6) is 0 Å². The molecule has 15 heavy (non-hydrogen) atoms. The Bertz CT molecular complexity index is 397. The Balaban J connectivity index is 3.40. The number of nitrogens with two attached hydrogens (primary N) is 2. The van der Waals surface area contributed by atoms with E-state index in [1.165, 1.54) is 0 Å². The summed E-state index contributed by atoms with van der Waals surface area (Å²) in [5.41, 5.74) is 3.48. The topological polar surface area (TPSA) is 64.4 Å². The lowest BCUT2D eigenvalue weighted by Gasteiger charge is -2.11. The van der Waals surface area contributed by atoms with Gasteiger partial charge in [-0.3, -0.25) is 0 Å². The fourth-order valence-electron chi connectivity index (χ4n) is 1.05. The minimum Gasteiger partial charge on any atom is -0.382 e. The Kier molecular flexibility index (Phi) is 2.83. The first-order valence-corrected chi connectivity index (χ1v) is 3.76. The second-order valence-electron chi connectivity index (χ2n) is 2.70. The fourth-order valence-corrected chi connectivity index (χ4v) is 1.05. The maximum absolute atomic E-state index is 12.7. The van der Waals surface area contributed by atoms with Gasteiger partial charge in [-0.05, 0) is 18.2 Å². The quantitative estimate of drug-likeness (QED) is 0.247. The molecule has 0 heterocycles. The van der Waals surface area contributed by atoms with Crippen molar-refractivity contribution in [2.45, 2.75) is 6.18 Å². The summed E-state index contributed by atoms with van der Waals surface area (Å²) in [6.45, 7) is 0. The molecule has 1 rings (SSSR count). The highest BCUT2D eigenvalue weighted by atomic mass is 19.4. The van der Waals surface area contributed by atoms with E-state index in [0.717, 1.165) is 0 Å². The largest absolute Gasteiger partial charge is 0.417 e. The molecular weight excluding hydrogens is 214 g/mol. The minimum absolute atomic E-state index is 0.565. The van der Waals surface area contributed by atoms with E-state index in [0.29, 0.717) is 18.2 Å². The standard InChI is InChI=1S/C8H7F4N3/c9-4-1-2-6(8(10,11)12)5(3-4)7(13)15-14/h1-3H,14H2,(H2,13,15). The first kappa shape index (κ1) is 11.3. The molecule has 0 saturated heterocycles. The number of hydrogen-bond acceptors (Lipinski definition) is 2. The molecule has 0 aliphatic rings. The average Bonchev–Trinajstić information content (AvgIpc) is 2.14. The second kappa shape index (κ2) is 3.76. The Morgan fingerprint density at radius 1 is 1.27 bits per heavy atom. The lowest BCUT2D eigenvalue weighted by atomic mass is 10.1. The van der Waals surface area contributed by atoms with Crippen molar-refractivity contribution in [3.63, 3.8) is 0 Å². The Labute approximate surface area is 82.4 Å². The molecule has 3 nitrogen and oxygen atoms in total. The number of hydrazone groups is 1. The molecule has 1 aromatic carbocycles. The number of rotatable bonds is 1. The molecule has 0 aliphatic heterocycles. The third-order valence-electron chi connectivity index (χ3n) is 1.70. The third-order valence-corrected chi connectivity index (χ3v) is 1.70. The highest BCUT2D eigenvalue weighted by molar-refractivity contribution is 5.98. The molecule has 0 radical (unpaired) electrons. The van der Waals surface area contributed by atoms with Gasteiger partial charge < -0.3 is 11.6 Å². The maximum atomic E-state index is 12.7. The van der Waals surface area contributed by atoms with Gasteiger partial charge in [0.1, 0.15) is 5.82 Å².